The first-order valence-corrected chi connectivity index (χ1v) is 14.1. The molecular weight excluding hydrogens is 449 g/mol. The van der Waals surface area contributed by atoms with E-state index in [0.29, 0.717) is 11.7 Å². The van der Waals surface area contributed by atoms with Crippen molar-refractivity contribution >= 4 is 31.4 Å². The van der Waals surface area contributed by atoms with E-state index in [4.69, 9.17) is 0 Å². The van der Waals surface area contributed by atoms with E-state index in [-0.39, 0.29) is 0 Å². The van der Waals surface area contributed by atoms with Crippen LogP contribution in [0, 0.1) is 11.6 Å². The van der Waals surface area contributed by atoms with E-state index in [0.717, 1.165) is 29.5 Å². The monoisotopic (exact) mass is 470 g/mol. The van der Waals surface area contributed by atoms with Crippen molar-refractivity contribution in [3.8, 4) is 0 Å². The zero-order chi connectivity index (χ0) is 20.3. The Hall–Kier alpha value is -2.09. The van der Waals surface area contributed by atoms with Crippen LogP contribution in [0.25, 0.3) is 0 Å². The molecular formula is C25H22BrF2P. The minimum absolute atomic E-state index is 0.432. The normalized spacial score (nSPS) is 15.4. The van der Waals surface area contributed by atoms with Gasteiger partial charge in [0.05, 0.1) is 0 Å². The molecule has 0 atom stereocenters. The topological polar surface area (TPSA) is 0 Å². The van der Waals surface area contributed by atoms with Gasteiger partial charge in [0.15, 0.2) is 0 Å². The molecule has 0 aromatic heterocycles. The number of allylic oxidation sites excluding steroid dienone is 4. The number of hydrogen-bond donors (Lipinski definition) is 0. The van der Waals surface area contributed by atoms with Crippen LogP contribution in [-0.2, 0) is 6.16 Å². The van der Waals surface area contributed by atoms with Crippen LogP contribution in [0.1, 0.15) is 18.4 Å². The molecule has 0 saturated carbocycles. The second-order valence-electron chi connectivity index (χ2n) is 7.36. The second-order valence-corrected chi connectivity index (χ2v) is 16.3. The van der Waals surface area contributed by atoms with E-state index in [2.05, 4.69) is 58.0 Å². The Kier molecular flexibility index (Phi) is 5.55. The molecule has 0 N–H and O–H groups in total. The van der Waals surface area contributed by atoms with Gasteiger partial charge in [-0.25, -0.2) is 0 Å². The number of rotatable bonds is 5. The summed E-state index contributed by atoms with van der Waals surface area (Å²) in [5.41, 5.74) is 0.508. The summed E-state index contributed by atoms with van der Waals surface area (Å²) >= 11 is 4.31. The van der Waals surface area contributed by atoms with Gasteiger partial charge in [-0.15, -0.1) is 0 Å². The SMILES string of the molecule is Fc1ccc(CP(Br)(C2=CCCC=C2)(c2ccccc2)c2ccccc2)c(F)c1. The average Bonchev–Trinajstić information content (AvgIpc) is 2.78. The van der Waals surface area contributed by atoms with E-state index in [9.17, 15) is 8.78 Å². The van der Waals surface area contributed by atoms with Crippen molar-refractivity contribution < 1.29 is 8.78 Å². The van der Waals surface area contributed by atoms with Gasteiger partial charge in [-0.1, -0.05) is 0 Å². The van der Waals surface area contributed by atoms with Crippen molar-refractivity contribution in [1.82, 2.24) is 0 Å². The maximum absolute atomic E-state index is 14.9. The Bertz CT molecular complexity index is 1030. The van der Waals surface area contributed by atoms with E-state index < -0.39 is 16.9 Å². The first-order valence-electron chi connectivity index (χ1n) is 9.67. The third kappa shape index (κ3) is 3.52. The molecule has 0 aliphatic heterocycles. The maximum atomic E-state index is 14.9. The van der Waals surface area contributed by atoms with Crippen LogP contribution in [0.2, 0.25) is 0 Å². The predicted molar refractivity (Wildman–Crippen MR) is 125 cm³/mol. The third-order valence-corrected chi connectivity index (χ3v) is 15.1. The zero-order valence-corrected chi connectivity index (χ0v) is 18.4. The van der Waals surface area contributed by atoms with Crippen LogP contribution < -0.4 is 10.6 Å². The molecule has 0 radical (unpaired) electrons. The van der Waals surface area contributed by atoms with E-state index in [1.807, 2.05) is 36.4 Å². The summed E-state index contributed by atoms with van der Waals surface area (Å²) in [4.78, 5) is 0. The van der Waals surface area contributed by atoms with Crippen LogP contribution in [0.4, 0.5) is 8.78 Å². The molecule has 4 rings (SSSR count). The Morgan fingerprint density at radius 1 is 0.793 bits per heavy atom. The van der Waals surface area contributed by atoms with Gasteiger partial charge in [-0.3, -0.25) is 0 Å². The fraction of sp³-hybridized carbons (Fsp3) is 0.120. The summed E-state index contributed by atoms with van der Waals surface area (Å²) in [6.45, 7) is 0. The van der Waals surface area contributed by atoms with Crippen molar-refractivity contribution in [2.45, 2.75) is 19.0 Å². The van der Waals surface area contributed by atoms with Crippen LogP contribution in [-0.4, -0.2) is 0 Å². The van der Waals surface area contributed by atoms with Gasteiger partial charge in [-0.2, -0.15) is 0 Å². The molecule has 148 valence electrons. The molecule has 0 amide bonds. The molecule has 0 spiro atoms. The van der Waals surface area contributed by atoms with Gasteiger partial charge in [-0.05, 0) is 0 Å². The summed E-state index contributed by atoms with van der Waals surface area (Å²) in [6, 6.07) is 24.4. The fourth-order valence-electron chi connectivity index (χ4n) is 4.11. The minimum atomic E-state index is -3.23. The Balaban J connectivity index is 2.06. The van der Waals surface area contributed by atoms with Gasteiger partial charge in [0.1, 0.15) is 0 Å². The van der Waals surface area contributed by atoms with Gasteiger partial charge in [0.25, 0.3) is 0 Å². The zero-order valence-electron chi connectivity index (χ0n) is 15.9. The first kappa shape index (κ1) is 20.2. The summed E-state index contributed by atoms with van der Waals surface area (Å²) in [7, 11) is 0. The van der Waals surface area contributed by atoms with Crippen molar-refractivity contribution in [3.05, 3.63) is 120 Å². The molecule has 29 heavy (non-hydrogen) atoms. The standard InChI is InChI=1S/C25H22BrF2P/c26-29(22-10-4-1-5-11-22,23-12-6-2-7-13-23,24-14-8-3-9-15-24)19-20-16-17-21(27)18-25(20)28/h1-2,4-8,10-18H,3,9,19H2. The molecule has 0 unspecified atom stereocenters. The van der Waals surface area contributed by atoms with Crippen molar-refractivity contribution in [2.24, 2.45) is 0 Å². The molecule has 4 heteroatoms. The van der Waals surface area contributed by atoms with E-state index in [1.54, 1.807) is 6.07 Å². The molecule has 0 nitrogen and oxygen atoms in total. The molecule has 0 fully saturated rings. The second kappa shape index (κ2) is 7.97. The van der Waals surface area contributed by atoms with Gasteiger partial charge in [0.2, 0.25) is 0 Å². The Morgan fingerprint density at radius 3 is 1.93 bits per heavy atom. The summed E-state index contributed by atoms with van der Waals surface area (Å²) in [5, 5.41) is 0.216. The number of benzene rings is 3. The molecule has 3 aromatic carbocycles. The Morgan fingerprint density at radius 2 is 1.41 bits per heavy atom. The number of hydrogen-bond acceptors (Lipinski definition) is 0. The Labute approximate surface area is 178 Å². The number of halogens is 3. The van der Waals surface area contributed by atoms with Gasteiger partial charge in [0, 0.05) is 0 Å². The fourth-order valence-corrected chi connectivity index (χ4v) is 12.0. The summed E-state index contributed by atoms with van der Waals surface area (Å²) < 4.78 is 28.5. The van der Waals surface area contributed by atoms with Crippen molar-refractivity contribution in [3.63, 3.8) is 0 Å². The van der Waals surface area contributed by atoms with Crippen molar-refractivity contribution in [1.29, 1.82) is 0 Å². The van der Waals surface area contributed by atoms with Crippen LogP contribution in [0.5, 0.6) is 0 Å². The van der Waals surface area contributed by atoms with E-state index in [1.165, 1.54) is 11.4 Å². The van der Waals surface area contributed by atoms with Gasteiger partial charge < -0.3 is 0 Å². The van der Waals surface area contributed by atoms with Gasteiger partial charge >= 0.3 is 179 Å². The predicted octanol–water partition coefficient (Wildman–Crippen LogP) is 7.21. The molecule has 0 heterocycles. The van der Waals surface area contributed by atoms with Crippen molar-refractivity contribution in [2.75, 3.05) is 0 Å². The molecule has 1 aliphatic rings. The molecule has 1 aliphatic carbocycles. The molecule has 3 aromatic rings. The molecule has 0 saturated heterocycles. The van der Waals surface area contributed by atoms with Crippen LogP contribution >= 0.6 is 20.8 Å². The van der Waals surface area contributed by atoms with Crippen LogP contribution in [0.3, 0.4) is 0 Å². The van der Waals surface area contributed by atoms with Crippen LogP contribution in [0.15, 0.2) is 102 Å². The van der Waals surface area contributed by atoms with E-state index >= 15 is 0 Å². The molecule has 0 bridgehead atoms. The summed E-state index contributed by atoms with van der Waals surface area (Å²) in [6.07, 6.45) is 9.01. The third-order valence-electron chi connectivity index (χ3n) is 5.59. The average molecular weight is 471 g/mol. The summed E-state index contributed by atoms with van der Waals surface area (Å²) in [5.74, 6) is -1.07. The quantitative estimate of drug-likeness (QED) is 0.345. The first-order chi connectivity index (χ1) is 14.0.